The maximum atomic E-state index is 12.0. The summed E-state index contributed by atoms with van der Waals surface area (Å²) >= 11 is 3.30. The fourth-order valence-corrected chi connectivity index (χ4v) is 1.69. The summed E-state index contributed by atoms with van der Waals surface area (Å²) in [5.41, 5.74) is 6.30. The maximum absolute atomic E-state index is 12.0. The number of benzene rings is 1. The van der Waals surface area contributed by atoms with Gasteiger partial charge in [0.1, 0.15) is 0 Å². The lowest BCUT2D eigenvalue weighted by Crippen LogP contribution is -2.09. The average Bonchev–Trinajstić information content (AvgIpc) is 2.29. The zero-order valence-corrected chi connectivity index (χ0v) is 9.81. The molecule has 16 heavy (non-hydrogen) atoms. The highest BCUT2D eigenvalue weighted by atomic mass is 79.9. The van der Waals surface area contributed by atoms with Crippen molar-refractivity contribution in [2.24, 2.45) is 0 Å². The van der Waals surface area contributed by atoms with E-state index < -0.39 is 0 Å². The Morgan fingerprint density at radius 3 is 2.69 bits per heavy atom. The van der Waals surface area contributed by atoms with Gasteiger partial charge in [-0.3, -0.25) is 4.79 Å². The minimum atomic E-state index is -0.230. The van der Waals surface area contributed by atoms with Crippen LogP contribution in [0.4, 0.5) is 5.82 Å². The van der Waals surface area contributed by atoms with Crippen LogP contribution < -0.4 is 5.73 Å². The van der Waals surface area contributed by atoms with Gasteiger partial charge in [-0.05, 0) is 12.1 Å². The highest BCUT2D eigenvalue weighted by Crippen LogP contribution is 2.16. The first-order valence-corrected chi connectivity index (χ1v) is 5.34. The predicted molar refractivity (Wildman–Crippen MR) is 64.0 cm³/mol. The molecule has 2 aromatic rings. The Morgan fingerprint density at radius 1 is 1.25 bits per heavy atom. The van der Waals surface area contributed by atoms with Crippen LogP contribution >= 0.6 is 15.9 Å². The molecule has 2 rings (SSSR count). The van der Waals surface area contributed by atoms with Crippen LogP contribution in [0.1, 0.15) is 16.1 Å². The molecular formula is C11H8BrN3O. The topological polar surface area (TPSA) is 68.9 Å². The van der Waals surface area contributed by atoms with E-state index in [9.17, 15) is 4.79 Å². The largest absolute Gasteiger partial charge is 0.382 e. The molecule has 0 aliphatic heterocycles. The van der Waals surface area contributed by atoms with Crippen molar-refractivity contribution in [2.75, 3.05) is 5.73 Å². The molecule has 1 aromatic carbocycles. The molecule has 4 nitrogen and oxygen atoms in total. The zero-order chi connectivity index (χ0) is 11.5. The van der Waals surface area contributed by atoms with Crippen LogP contribution in [0.3, 0.4) is 0 Å². The van der Waals surface area contributed by atoms with Gasteiger partial charge in [0.25, 0.3) is 0 Å². The number of aromatic nitrogens is 2. The molecule has 0 radical (unpaired) electrons. The Bertz CT molecular complexity index is 542. The number of carbonyl (C=O) groups excluding carboxylic acids is 1. The van der Waals surface area contributed by atoms with E-state index in [4.69, 9.17) is 5.73 Å². The van der Waals surface area contributed by atoms with E-state index in [1.54, 1.807) is 18.2 Å². The molecule has 0 spiro atoms. The summed E-state index contributed by atoms with van der Waals surface area (Å²) in [5, 5.41) is 0. The van der Waals surface area contributed by atoms with E-state index in [0.717, 1.165) is 4.47 Å². The van der Waals surface area contributed by atoms with Gasteiger partial charge < -0.3 is 5.73 Å². The molecule has 0 aliphatic rings. The van der Waals surface area contributed by atoms with Crippen LogP contribution in [0.5, 0.6) is 0 Å². The smallest absolute Gasteiger partial charge is 0.215 e. The quantitative estimate of drug-likeness (QED) is 0.853. The summed E-state index contributed by atoms with van der Waals surface area (Å²) in [4.78, 5) is 19.8. The van der Waals surface area contributed by atoms with Crippen molar-refractivity contribution in [3.05, 3.63) is 52.4 Å². The lowest BCUT2D eigenvalue weighted by Gasteiger charge is -2.02. The lowest BCUT2D eigenvalue weighted by molar-refractivity contribution is 0.103. The minimum Gasteiger partial charge on any atom is -0.382 e. The second kappa shape index (κ2) is 4.40. The molecule has 80 valence electrons. The molecule has 1 heterocycles. The van der Waals surface area contributed by atoms with Gasteiger partial charge >= 0.3 is 0 Å². The number of carbonyl (C=O) groups is 1. The number of rotatable bonds is 2. The number of hydrogen-bond acceptors (Lipinski definition) is 4. The molecule has 5 heteroatoms. The van der Waals surface area contributed by atoms with Crippen molar-refractivity contribution in [1.29, 1.82) is 0 Å². The van der Waals surface area contributed by atoms with Gasteiger partial charge in [0, 0.05) is 22.4 Å². The Balaban J connectivity index is 2.44. The zero-order valence-electron chi connectivity index (χ0n) is 8.22. The van der Waals surface area contributed by atoms with Gasteiger partial charge in [0.2, 0.25) is 5.78 Å². The third-order valence-corrected chi connectivity index (χ3v) is 2.52. The molecule has 0 unspecified atom stereocenters. The fraction of sp³-hybridized carbons (Fsp3) is 0. The van der Waals surface area contributed by atoms with Crippen LogP contribution in [0.15, 0.2) is 41.1 Å². The van der Waals surface area contributed by atoms with E-state index >= 15 is 0 Å². The number of hydrogen-bond donors (Lipinski definition) is 1. The van der Waals surface area contributed by atoms with Crippen molar-refractivity contribution < 1.29 is 4.79 Å². The summed E-state index contributed by atoms with van der Waals surface area (Å²) < 4.78 is 0.834. The van der Waals surface area contributed by atoms with Crippen molar-refractivity contribution in [1.82, 2.24) is 9.97 Å². The number of halogens is 1. The highest BCUT2D eigenvalue weighted by molar-refractivity contribution is 9.10. The predicted octanol–water partition coefficient (Wildman–Crippen LogP) is 2.05. The Morgan fingerprint density at radius 2 is 2.00 bits per heavy atom. The molecule has 0 aliphatic carbocycles. The van der Waals surface area contributed by atoms with Crippen LogP contribution in [0, 0.1) is 0 Å². The van der Waals surface area contributed by atoms with Crippen molar-refractivity contribution in [2.45, 2.75) is 0 Å². The number of nitrogen functional groups attached to an aromatic ring is 1. The van der Waals surface area contributed by atoms with E-state index in [2.05, 4.69) is 25.9 Å². The molecular weight excluding hydrogens is 270 g/mol. The fourth-order valence-electron chi connectivity index (χ4n) is 1.29. The average molecular weight is 278 g/mol. The number of ketones is 1. The van der Waals surface area contributed by atoms with Gasteiger partial charge in [-0.1, -0.05) is 28.1 Å². The summed E-state index contributed by atoms with van der Waals surface area (Å²) in [5.74, 6) is -0.0839. The monoisotopic (exact) mass is 277 g/mol. The van der Waals surface area contributed by atoms with Crippen LogP contribution in [-0.4, -0.2) is 15.8 Å². The molecule has 0 amide bonds. The van der Waals surface area contributed by atoms with Gasteiger partial charge in [0.15, 0.2) is 11.5 Å². The molecule has 1 aromatic heterocycles. The summed E-state index contributed by atoms with van der Waals surface area (Å²) in [6.07, 6.45) is 2.90. The van der Waals surface area contributed by atoms with Gasteiger partial charge in [-0.2, -0.15) is 0 Å². The molecule has 0 saturated carbocycles. The van der Waals surface area contributed by atoms with Crippen molar-refractivity contribution in [3.8, 4) is 0 Å². The summed E-state index contributed by atoms with van der Waals surface area (Å²) in [6, 6.07) is 7.05. The van der Waals surface area contributed by atoms with Crippen LogP contribution in [-0.2, 0) is 0 Å². The second-order valence-electron chi connectivity index (χ2n) is 3.13. The first-order valence-electron chi connectivity index (χ1n) is 4.55. The van der Waals surface area contributed by atoms with E-state index in [-0.39, 0.29) is 17.3 Å². The number of anilines is 1. The van der Waals surface area contributed by atoms with E-state index in [1.165, 1.54) is 12.4 Å². The normalized spacial score (nSPS) is 10.1. The van der Waals surface area contributed by atoms with Gasteiger partial charge in [-0.25, -0.2) is 9.97 Å². The van der Waals surface area contributed by atoms with Gasteiger partial charge in [-0.15, -0.1) is 0 Å². The third kappa shape index (κ3) is 2.09. The minimum absolute atomic E-state index is 0.146. The van der Waals surface area contributed by atoms with Crippen LogP contribution in [0.25, 0.3) is 0 Å². The number of nitrogens with zero attached hydrogens (tertiary/aromatic N) is 2. The SMILES string of the molecule is Nc1nccnc1C(=O)c1cccc(Br)c1. The Hall–Kier alpha value is -1.75. The molecule has 0 saturated heterocycles. The molecule has 0 fully saturated rings. The Labute approximate surface area is 101 Å². The molecule has 2 N–H and O–H groups in total. The second-order valence-corrected chi connectivity index (χ2v) is 4.05. The number of nitrogens with two attached hydrogens (primary N) is 1. The highest BCUT2D eigenvalue weighted by Gasteiger charge is 2.14. The summed E-state index contributed by atoms with van der Waals surface area (Å²) in [6.45, 7) is 0. The molecule has 0 bridgehead atoms. The van der Waals surface area contributed by atoms with Crippen molar-refractivity contribution >= 4 is 27.5 Å². The maximum Gasteiger partial charge on any atom is 0.215 e. The van der Waals surface area contributed by atoms with Crippen LogP contribution in [0.2, 0.25) is 0 Å². The Kier molecular flexibility index (Phi) is 2.96. The third-order valence-electron chi connectivity index (χ3n) is 2.03. The first-order chi connectivity index (χ1) is 7.68. The molecule has 0 atom stereocenters. The lowest BCUT2D eigenvalue weighted by atomic mass is 10.1. The standard InChI is InChI=1S/C11H8BrN3O/c12-8-3-1-2-7(6-8)10(16)9-11(13)15-5-4-14-9/h1-6H,(H2,13,15). The van der Waals surface area contributed by atoms with E-state index in [0.29, 0.717) is 5.56 Å². The summed E-state index contributed by atoms with van der Waals surface area (Å²) in [7, 11) is 0. The van der Waals surface area contributed by atoms with Gasteiger partial charge in [0.05, 0.1) is 0 Å². The van der Waals surface area contributed by atoms with Crippen molar-refractivity contribution in [3.63, 3.8) is 0 Å². The first kappa shape index (κ1) is 10.8. The van der Waals surface area contributed by atoms with E-state index in [1.807, 2.05) is 6.07 Å².